The summed E-state index contributed by atoms with van der Waals surface area (Å²) < 4.78 is 18.4. The number of hydrogen-bond donors (Lipinski definition) is 1. The Kier molecular flexibility index (Phi) is 7.46. The van der Waals surface area contributed by atoms with Crippen LogP contribution in [0.2, 0.25) is 0 Å². The normalized spacial score (nSPS) is 15.5. The zero-order valence-electron chi connectivity index (χ0n) is 17.6. The molecule has 2 heterocycles. The largest absolute Gasteiger partial charge is 0.497 e. The first-order valence-corrected chi connectivity index (χ1v) is 10.7. The van der Waals surface area contributed by atoms with Crippen molar-refractivity contribution >= 4 is 22.8 Å². The third kappa shape index (κ3) is 5.26. The van der Waals surface area contributed by atoms with Crippen LogP contribution in [0.4, 0.5) is 5.69 Å². The van der Waals surface area contributed by atoms with E-state index >= 15 is 0 Å². The summed E-state index contributed by atoms with van der Waals surface area (Å²) in [6, 6.07) is 5.54. The van der Waals surface area contributed by atoms with E-state index in [2.05, 4.69) is 4.57 Å². The van der Waals surface area contributed by atoms with Crippen molar-refractivity contribution in [2.75, 3.05) is 47.1 Å². The van der Waals surface area contributed by atoms with Crippen LogP contribution in [0.3, 0.4) is 0 Å². The van der Waals surface area contributed by atoms with E-state index in [1.54, 1.807) is 26.0 Å². The lowest BCUT2D eigenvalue weighted by Crippen LogP contribution is -3.14. The fourth-order valence-electron chi connectivity index (χ4n) is 3.54. The predicted molar refractivity (Wildman–Crippen MR) is 113 cm³/mol. The van der Waals surface area contributed by atoms with Gasteiger partial charge < -0.3 is 23.7 Å². The molecule has 0 spiro atoms. The van der Waals surface area contributed by atoms with Gasteiger partial charge in [-0.15, -0.1) is 0 Å². The van der Waals surface area contributed by atoms with Crippen LogP contribution in [0, 0.1) is 6.92 Å². The van der Waals surface area contributed by atoms with Crippen molar-refractivity contribution in [1.29, 1.82) is 0 Å². The van der Waals surface area contributed by atoms with Gasteiger partial charge in [-0.3, -0.25) is 4.79 Å². The van der Waals surface area contributed by atoms with Gasteiger partial charge in [0.1, 0.15) is 30.3 Å². The van der Waals surface area contributed by atoms with Crippen LogP contribution in [-0.4, -0.2) is 57.4 Å². The number of quaternary nitrogens is 1. The first-order chi connectivity index (χ1) is 14.0. The number of carbonyl (C=O) groups is 1. The number of carbonyl (C=O) groups excluding carboxylic acids is 1. The van der Waals surface area contributed by atoms with E-state index in [0.29, 0.717) is 17.2 Å². The molecule has 1 aliphatic heterocycles. The maximum absolute atomic E-state index is 12.1. The molecular formula is C21H30N3O4S+. The highest BCUT2D eigenvalue weighted by atomic mass is 32.1. The molecule has 7 nitrogen and oxygen atoms in total. The van der Waals surface area contributed by atoms with Gasteiger partial charge in [-0.2, -0.15) is 0 Å². The Balaban J connectivity index is 1.92. The lowest BCUT2D eigenvalue weighted by Gasteiger charge is -2.23. The Morgan fingerprint density at radius 3 is 2.69 bits per heavy atom. The van der Waals surface area contributed by atoms with Crippen molar-refractivity contribution in [2.45, 2.75) is 26.8 Å². The number of aromatic nitrogens is 1. The van der Waals surface area contributed by atoms with Crippen molar-refractivity contribution in [2.24, 2.45) is 4.99 Å². The first kappa shape index (κ1) is 21.5. The number of nitrogens with one attached hydrogen (secondary N) is 1. The highest BCUT2D eigenvalue weighted by Crippen LogP contribution is 2.31. The number of thiazole rings is 1. The number of benzene rings is 1. The zero-order valence-corrected chi connectivity index (χ0v) is 18.4. The van der Waals surface area contributed by atoms with Gasteiger partial charge in [0.15, 0.2) is 10.6 Å². The molecular weight excluding hydrogens is 390 g/mol. The third-order valence-electron chi connectivity index (χ3n) is 5.19. The second kappa shape index (κ2) is 10.0. The smallest absolute Gasteiger partial charge is 0.190 e. The highest BCUT2D eigenvalue weighted by Gasteiger charge is 2.17. The molecule has 3 rings (SSSR count). The monoisotopic (exact) mass is 420 g/mol. The number of methoxy groups -OCH3 is 2. The highest BCUT2D eigenvalue weighted by molar-refractivity contribution is 7.11. The molecule has 29 heavy (non-hydrogen) atoms. The topological polar surface area (TPSA) is 66.5 Å². The minimum absolute atomic E-state index is 0.0686. The molecule has 0 aliphatic carbocycles. The van der Waals surface area contributed by atoms with Crippen molar-refractivity contribution in [3.8, 4) is 11.5 Å². The molecule has 1 aromatic heterocycles. The Labute approximate surface area is 175 Å². The zero-order chi connectivity index (χ0) is 20.8. The van der Waals surface area contributed by atoms with E-state index in [1.165, 1.54) is 11.3 Å². The molecule has 0 saturated carbocycles. The number of morpholine rings is 1. The van der Waals surface area contributed by atoms with E-state index in [4.69, 9.17) is 19.2 Å². The molecule has 0 atom stereocenters. The summed E-state index contributed by atoms with van der Waals surface area (Å²) >= 11 is 1.43. The van der Waals surface area contributed by atoms with Gasteiger partial charge in [0.05, 0.1) is 38.9 Å². The van der Waals surface area contributed by atoms with Gasteiger partial charge in [-0.25, -0.2) is 4.99 Å². The molecule has 1 aromatic carbocycles. The maximum Gasteiger partial charge on any atom is 0.190 e. The van der Waals surface area contributed by atoms with Crippen molar-refractivity contribution in [1.82, 2.24) is 4.57 Å². The maximum atomic E-state index is 12.1. The average molecular weight is 421 g/mol. The Bertz CT molecular complexity index is 913. The Hall–Kier alpha value is -2.16. The second-order valence-corrected chi connectivity index (χ2v) is 8.10. The fraction of sp³-hybridized carbons (Fsp3) is 0.524. The molecule has 0 radical (unpaired) electrons. The van der Waals surface area contributed by atoms with Crippen molar-refractivity contribution < 1.29 is 23.9 Å². The minimum atomic E-state index is 0.0686. The van der Waals surface area contributed by atoms with Crippen LogP contribution in [0.5, 0.6) is 11.5 Å². The van der Waals surface area contributed by atoms with E-state index in [9.17, 15) is 4.79 Å². The number of rotatable bonds is 8. The summed E-state index contributed by atoms with van der Waals surface area (Å²) in [4.78, 5) is 20.1. The minimum Gasteiger partial charge on any atom is -0.497 e. The van der Waals surface area contributed by atoms with Gasteiger partial charge in [0.2, 0.25) is 0 Å². The molecule has 2 aromatic rings. The lowest BCUT2D eigenvalue weighted by atomic mass is 10.3. The Morgan fingerprint density at radius 2 is 2.03 bits per heavy atom. The quantitative estimate of drug-likeness (QED) is 0.659. The summed E-state index contributed by atoms with van der Waals surface area (Å²) in [5, 5.41) is 0. The van der Waals surface area contributed by atoms with Gasteiger partial charge in [-0.1, -0.05) is 11.3 Å². The SMILES string of the molecule is COc1ccc(OC)c(N=c2sc(C(C)=O)c(C)n2CCC[NH+]2CCOCC2)c1. The van der Waals surface area contributed by atoms with Gasteiger partial charge in [0, 0.05) is 31.6 Å². The number of ketones is 1. The van der Waals surface area contributed by atoms with Crippen LogP contribution >= 0.6 is 11.3 Å². The molecule has 1 N–H and O–H groups in total. The molecule has 0 amide bonds. The fourth-order valence-corrected chi connectivity index (χ4v) is 4.61. The summed E-state index contributed by atoms with van der Waals surface area (Å²) in [7, 11) is 3.25. The van der Waals surface area contributed by atoms with Gasteiger partial charge in [-0.05, 0) is 19.1 Å². The Morgan fingerprint density at radius 1 is 1.28 bits per heavy atom. The van der Waals surface area contributed by atoms with Crippen molar-refractivity contribution in [3.63, 3.8) is 0 Å². The average Bonchev–Trinajstić information content (AvgIpc) is 3.04. The first-order valence-electron chi connectivity index (χ1n) is 9.92. The summed E-state index contributed by atoms with van der Waals surface area (Å²) in [5.41, 5.74) is 1.66. The second-order valence-electron chi connectivity index (χ2n) is 7.12. The molecule has 8 heteroatoms. The summed E-state index contributed by atoms with van der Waals surface area (Å²) in [6.07, 6.45) is 1.02. The van der Waals surface area contributed by atoms with Gasteiger partial charge >= 0.3 is 0 Å². The number of ether oxygens (including phenoxy) is 3. The van der Waals surface area contributed by atoms with Crippen LogP contribution < -0.4 is 19.2 Å². The summed E-state index contributed by atoms with van der Waals surface area (Å²) in [6.45, 7) is 9.31. The molecule has 0 unspecified atom stereocenters. The third-order valence-corrected chi connectivity index (χ3v) is 6.47. The van der Waals surface area contributed by atoms with E-state index in [1.807, 2.05) is 25.1 Å². The molecule has 1 saturated heterocycles. The van der Waals surface area contributed by atoms with E-state index in [-0.39, 0.29) is 5.78 Å². The van der Waals surface area contributed by atoms with Crippen LogP contribution in [0.15, 0.2) is 23.2 Å². The molecule has 1 aliphatic rings. The number of Topliss-reactive ketones (excluding diaryl/α,β-unsaturated/α-hetero) is 1. The van der Waals surface area contributed by atoms with Crippen LogP contribution in [-0.2, 0) is 11.3 Å². The molecule has 158 valence electrons. The van der Waals surface area contributed by atoms with E-state index < -0.39 is 0 Å². The molecule has 1 fully saturated rings. The number of hydrogen-bond acceptors (Lipinski definition) is 6. The lowest BCUT2D eigenvalue weighted by molar-refractivity contribution is -0.908. The standard InChI is InChI=1S/C21H29N3O4S/c1-15-20(16(2)25)29-21(22-18-14-17(26-3)6-7-19(18)27-4)24(15)9-5-8-23-10-12-28-13-11-23/h6-7,14H,5,8-13H2,1-4H3/p+1. The van der Waals surface area contributed by atoms with Crippen LogP contribution in [0.25, 0.3) is 0 Å². The molecule has 0 bridgehead atoms. The predicted octanol–water partition coefficient (Wildman–Crippen LogP) is 1.62. The van der Waals surface area contributed by atoms with Crippen LogP contribution in [0.1, 0.15) is 28.7 Å². The van der Waals surface area contributed by atoms with E-state index in [0.717, 1.165) is 61.2 Å². The number of nitrogens with zero attached hydrogens (tertiary/aromatic N) is 2. The van der Waals surface area contributed by atoms with Gasteiger partial charge in [0.25, 0.3) is 0 Å². The summed E-state index contributed by atoms with van der Waals surface area (Å²) in [5.74, 6) is 1.46. The van der Waals surface area contributed by atoms with Crippen molar-refractivity contribution in [3.05, 3.63) is 33.6 Å².